The summed E-state index contributed by atoms with van der Waals surface area (Å²) in [5, 5.41) is 3.59. The smallest absolute Gasteiger partial charge is 0.150 e. The molecule has 0 unspecified atom stereocenters. The number of aromatic nitrogens is 1. The molecule has 0 fully saturated rings. The van der Waals surface area contributed by atoms with E-state index in [1.54, 1.807) is 23.1 Å². The van der Waals surface area contributed by atoms with E-state index in [2.05, 4.69) is 10.4 Å². The molecular weight excluding hydrogens is 341 g/mol. The molecule has 0 aliphatic carbocycles. The van der Waals surface area contributed by atoms with Crippen LogP contribution in [0, 0.1) is 0 Å². The van der Waals surface area contributed by atoms with Gasteiger partial charge >= 0.3 is 0 Å². The molecule has 0 saturated carbocycles. The lowest BCUT2D eigenvalue weighted by atomic mass is 10.2. The third kappa shape index (κ3) is 4.01. The molecule has 1 aromatic heterocycles. The summed E-state index contributed by atoms with van der Waals surface area (Å²) in [5.41, 5.74) is 3.33. The molecule has 21 heavy (non-hydrogen) atoms. The van der Waals surface area contributed by atoms with Crippen molar-refractivity contribution in [3.63, 3.8) is 0 Å². The second-order valence-electron chi connectivity index (χ2n) is 4.42. The topological polar surface area (TPSA) is 12.9 Å². The van der Waals surface area contributed by atoms with Gasteiger partial charge in [0.05, 0.1) is 5.69 Å². The van der Waals surface area contributed by atoms with Gasteiger partial charge < -0.3 is 0 Å². The maximum Gasteiger partial charge on any atom is 0.150 e. The molecular formula is C16H11Cl2NS2. The molecule has 0 amide bonds. The Labute approximate surface area is 142 Å². The van der Waals surface area contributed by atoms with Crippen LogP contribution in [-0.2, 0) is 5.75 Å². The minimum Gasteiger partial charge on any atom is -0.230 e. The van der Waals surface area contributed by atoms with Gasteiger partial charge in [-0.15, -0.1) is 11.3 Å². The third-order valence-corrected chi connectivity index (χ3v) is 5.49. The van der Waals surface area contributed by atoms with Crippen LogP contribution in [0.2, 0.25) is 10.0 Å². The van der Waals surface area contributed by atoms with E-state index in [1.165, 1.54) is 5.56 Å². The Hall–Kier alpha value is -1.00. The first-order chi connectivity index (χ1) is 10.2. The van der Waals surface area contributed by atoms with Crippen LogP contribution in [0.1, 0.15) is 5.56 Å². The van der Waals surface area contributed by atoms with Gasteiger partial charge in [0.25, 0.3) is 0 Å². The minimum absolute atomic E-state index is 0.742. The zero-order valence-electron chi connectivity index (χ0n) is 10.9. The monoisotopic (exact) mass is 351 g/mol. The van der Waals surface area contributed by atoms with Crippen molar-refractivity contribution < 1.29 is 0 Å². The van der Waals surface area contributed by atoms with Crippen LogP contribution >= 0.6 is 46.3 Å². The summed E-state index contributed by atoms with van der Waals surface area (Å²) in [5.74, 6) is 0.894. The number of hydrogen-bond donors (Lipinski definition) is 0. The van der Waals surface area contributed by atoms with Crippen molar-refractivity contribution in [2.75, 3.05) is 0 Å². The van der Waals surface area contributed by atoms with E-state index in [0.717, 1.165) is 31.4 Å². The minimum atomic E-state index is 0.742. The summed E-state index contributed by atoms with van der Waals surface area (Å²) in [6, 6.07) is 15.7. The number of hydrogen-bond acceptors (Lipinski definition) is 3. The van der Waals surface area contributed by atoms with Gasteiger partial charge in [-0.3, -0.25) is 0 Å². The largest absolute Gasteiger partial charge is 0.230 e. The lowest BCUT2D eigenvalue weighted by Crippen LogP contribution is -1.80. The Morgan fingerprint density at radius 3 is 2.19 bits per heavy atom. The second-order valence-corrected chi connectivity index (χ2v) is 7.37. The maximum absolute atomic E-state index is 5.90. The van der Waals surface area contributed by atoms with Gasteiger partial charge in [-0.05, 0) is 29.8 Å². The van der Waals surface area contributed by atoms with Crippen LogP contribution in [0.25, 0.3) is 11.3 Å². The fourth-order valence-electron chi connectivity index (χ4n) is 1.80. The van der Waals surface area contributed by atoms with Crippen LogP contribution < -0.4 is 0 Å². The van der Waals surface area contributed by atoms with Crippen molar-refractivity contribution in [1.29, 1.82) is 0 Å². The Balaban J connectivity index is 1.67. The zero-order valence-corrected chi connectivity index (χ0v) is 14.1. The van der Waals surface area contributed by atoms with E-state index in [-0.39, 0.29) is 0 Å². The quantitative estimate of drug-likeness (QED) is 0.503. The molecule has 0 aliphatic rings. The first-order valence-corrected chi connectivity index (χ1v) is 8.91. The van der Waals surface area contributed by atoms with Crippen molar-refractivity contribution >= 4 is 46.3 Å². The molecule has 0 spiro atoms. The molecule has 106 valence electrons. The molecule has 0 N–H and O–H groups in total. The Morgan fingerprint density at radius 1 is 0.905 bits per heavy atom. The summed E-state index contributed by atoms with van der Waals surface area (Å²) in [6.07, 6.45) is 0. The van der Waals surface area contributed by atoms with E-state index in [4.69, 9.17) is 23.2 Å². The highest BCUT2D eigenvalue weighted by atomic mass is 35.5. The Morgan fingerprint density at radius 2 is 1.52 bits per heavy atom. The summed E-state index contributed by atoms with van der Waals surface area (Å²) in [7, 11) is 0. The molecule has 1 heterocycles. The first-order valence-electron chi connectivity index (χ1n) is 6.29. The molecule has 3 aromatic rings. The van der Waals surface area contributed by atoms with Crippen molar-refractivity contribution in [2.24, 2.45) is 0 Å². The summed E-state index contributed by atoms with van der Waals surface area (Å²) in [6.45, 7) is 0. The number of thioether (sulfide) groups is 1. The molecule has 5 heteroatoms. The fraction of sp³-hybridized carbons (Fsp3) is 0.0625. The number of benzene rings is 2. The third-order valence-electron chi connectivity index (χ3n) is 2.90. The van der Waals surface area contributed by atoms with Gasteiger partial charge in [0, 0.05) is 26.7 Å². The number of thiazole rings is 1. The van der Waals surface area contributed by atoms with Gasteiger partial charge in [-0.25, -0.2) is 4.98 Å². The van der Waals surface area contributed by atoms with Crippen LogP contribution in [0.3, 0.4) is 0 Å². The second kappa shape index (κ2) is 6.84. The van der Waals surface area contributed by atoms with Crippen molar-refractivity contribution in [2.45, 2.75) is 10.1 Å². The standard InChI is InChI=1S/C16H11Cl2NS2/c17-13-5-1-11(2-6-13)9-20-16-19-15(10-21-16)12-3-7-14(18)8-4-12/h1-8,10H,9H2. The van der Waals surface area contributed by atoms with Gasteiger partial charge in [0.2, 0.25) is 0 Å². The van der Waals surface area contributed by atoms with Gasteiger partial charge in [0.1, 0.15) is 0 Å². The number of halogens is 2. The summed E-state index contributed by atoms with van der Waals surface area (Å²) < 4.78 is 1.06. The van der Waals surface area contributed by atoms with E-state index >= 15 is 0 Å². The van der Waals surface area contributed by atoms with Crippen LogP contribution in [0.15, 0.2) is 58.3 Å². The lowest BCUT2D eigenvalue weighted by Gasteiger charge is -1.99. The van der Waals surface area contributed by atoms with E-state index in [1.807, 2.05) is 48.5 Å². The van der Waals surface area contributed by atoms with Crippen LogP contribution in [0.5, 0.6) is 0 Å². The molecule has 2 aromatic carbocycles. The molecule has 0 atom stereocenters. The highest BCUT2D eigenvalue weighted by Crippen LogP contribution is 2.30. The highest BCUT2D eigenvalue weighted by Gasteiger charge is 2.05. The first kappa shape index (κ1) is 14.9. The Kier molecular flexibility index (Phi) is 4.86. The molecule has 0 aliphatic heterocycles. The average molecular weight is 352 g/mol. The molecule has 3 rings (SSSR count). The number of nitrogens with zero attached hydrogens (tertiary/aromatic N) is 1. The predicted molar refractivity (Wildman–Crippen MR) is 93.6 cm³/mol. The van der Waals surface area contributed by atoms with E-state index in [0.29, 0.717) is 0 Å². The predicted octanol–water partition coefficient (Wildman–Crippen LogP) is 6.41. The van der Waals surface area contributed by atoms with Crippen molar-refractivity contribution in [3.05, 3.63) is 69.5 Å². The molecule has 0 radical (unpaired) electrons. The number of rotatable bonds is 4. The lowest BCUT2D eigenvalue weighted by molar-refractivity contribution is 1.24. The summed E-state index contributed by atoms with van der Waals surface area (Å²) >= 11 is 15.2. The van der Waals surface area contributed by atoms with Crippen LogP contribution in [0.4, 0.5) is 0 Å². The maximum atomic E-state index is 5.90. The van der Waals surface area contributed by atoms with E-state index in [9.17, 15) is 0 Å². The molecule has 0 saturated heterocycles. The average Bonchev–Trinajstić information content (AvgIpc) is 2.96. The van der Waals surface area contributed by atoms with E-state index < -0.39 is 0 Å². The Bertz CT molecular complexity index is 721. The molecule has 0 bridgehead atoms. The summed E-state index contributed by atoms with van der Waals surface area (Å²) in [4.78, 5) is 4.66. The zero-order chi connectivity index (χ0) is 14.7. The SMILES string of the molecule is Clc1ccc(CSc2nc(-c3ccc(Cl)cc3)cs2)cc1. The normalized spacial score (nSPS) is 10.8. The highest BCUT2D eigenvalue weighted by molar-refractivity contribution is 8.00. The van der Waals surface area contributed by atoms with Crippen molar-refractivity contribution in [1.82, 2.24) is 4.98 Å². The van der Waals surface area contributed by atoms with Crippen molar-refractivity contribution in [3.8, 4) is 11.3 Å². The van der Waals surface area contributed by atoms with Gasteiger partial charge in [0.15, 0.2) is 4.34 Å². The van der Waals surface area contributed by atoms with Crippen LogP contribution in [-0.4, -0.2) is 4.98 Å². The van der Waals surface area contributed by atoms with Gasteiger partial charge in [-0.2, -0.15) is 0 Å². The van der Waals surface area contributed by atoms with Gasteiger partial charge in [-0.1, -0.05) is 59.2 Å². The molecule has 1 nitrogen and oxygen atoms in total. The fourth-order valence-corrected chi connectivity index (χ4v) is 3.85.